The van der Waals surface area contributed by atoms with Crippen molar-refractivity contribution in [1.82, 2.24) is 5.32 Å². The number of ether oxygens (including phenoxy) is 1. The third kappa shape index (κ3) is 6.66. The van der Waals surface area contributed by atoms with Crippen molar-refractivity contribution in [2.75, 3.05) is 12.8 Å². The van der Waals surface area contributed by atoms with Crippen molar-refractivity contribution in [3.63, 3.8) is 0 Å². The number of amides is 1. The molecule has 0 spiro atoms. The average Bonchev–Trinajstić information content (AvgIpc) is 2.36. The number of carbonyl (C=O) groups excluding carboxylic acids is 1. The van der Waals surface area contributed by atoms with Crippen molar-refractivity contribution in [2.24, 2.45) is 0 Å². The van der Waals surface area contributed by atoms with Crippen LogP contribution in [0, 0.1) is 0 Å². The third-order valence-corrected chi connectivity index (χ3v) is 3.23. The summed E-state index contributed by atoms with van der Waals surface area (Å²) < 4.78 is 5.16. The molecule has 1 rings (SSSR count). The molecule has 1 aromatic carbocycles. The van der Waals surface area contributed by atoms with E-state index in [4.69, 9.17) is 4.74 Å². The first-order valence-corrected chi connectivity index (χ1v) is 7.91. The van der Waals surface area contributed by atoms with Crippen LogP contribution in [0.2, 0.25) is 0 Å². The first-order chi connectivity index (χ1) is 9.42. The van der Waals surface area contributed by atoms with Crippen LogP contribution in [0.1, 0.15) is 32.8 Å². The van der Waals surface area contributed by atoms with E-state index in [2.05, 4.69) is 35.9 Å². The Balaban J connectivity index is 2.34. The number of thioether (sulfide) groups is 1. The summed E-state index contributed by atoms with van der Waals surface area (Å²) in [4.78, 5) is 12.7. The van der Waals surface area contributed by atoms with E-state index in [0.29, 0.717) is 6.54 Å². The predicted molar refractivity (Wildman–Crippen MR) is 86.1 cm³/mol. The number of hydrogen-bond donors (Lipinski definition) is 1. The third-order valence-electron chi connectivity index (χ3n) is 2.42. The van der Waals surface area contributed by atoms with Crippen LogP contribution < -0.4 is 5.32 Å². The molecule has 4 heteroatoms. The molecule has 0 radical (unpaired) electrons. The fraction of sp³-hybridized carbons (Fsp3) is 0.438. The fourth-order valence-electron chi connectivity index (χ4n) is 1.59. The number of rotatable bonds is 5. The van der Waals surface area contributed by atoms with Gasteiger partial charge in [0, 0.05) is 11.4 Å². The summed E-state index contributed by atoms with van der Waals surface area (Å²) >= 11 is 1.73. The minimum absolute atomic E-state index is 0.365. The van der Waals surface area contributed by atoms with Gasteiger partial charge in [0.15, 0.2) is 0 Å². The first-order valence-electron chi connectivity index (χ1n) is 6.69. The van der Waals surface area contributed by atoms with Crippen LogP contribution in [0.3, 0.4) is 0 Å². The summed E-state index contributed by atoms with van der Waals surface area (Å²) in [5.41, 5.74) is 0.759. The lowest BCUT2D eigenvalue weighted by molar-refractivity contribution is 0.0529. The Morgan fingerprint density at radius 1 is 1.35 bits per heavy atom. The zero-order chi connectivity index (χ0) is 15.0. The number of alkyl carbamates (subject to hydrolysis) is 1. The Morgan fingerprint density at radius 3 is 2.70 bits per heavy atom. The summed E-state index contributed by atoms with van der Waals surface area (Å²) in [6.07, 6.45) is 6.63. The van der Waals surface area contributed by atoms with E-state index >= 15 is 0 Å². The van der Waals surface area contributed by atoms with Crippen molar-refractivity contribution in [3.8, 4) is 0 Å². The van der Waals surface area contributed by atoms with Gasteiger partial charge in [-0.1, -0.05) is 30.4 Å². The molecule has 0 aliphatic carbocycles. The molecule has 0 aliphatic heterocycles. The number of carbonyl (C=O) groups is 1. The monoisotopic (exact) mass is 293 g/mol. The standard InChI is InChI=1S/C16H23NO2S/c1-16(2,3)19-15(18)17-12-8-7-10-13-9-5-6-11-14(13)20-4/h5-7,9-11H,8,12H2,1-4H3,(H,17,18). The minimum atomic E-state index is -0.447. The van der Waals surface area contributed by atoms with E-state index in [0.717, 1.165) is 6.42 Å². The van der Waals surface area contributed by atoms with Gasteiger partial charge in [0.25, 0.3) is 0 Å². The maximum absolute atomic E-state index is 11.4. The molecule has 0 saturated heterocycles. The van der Waals surface area contributed by atoms with E-state index in [1.807, 2.05) is 32.9 Å². The Hall–Kier alpha value is -1.42. The highest BCUT2D eigenvalue weighted by atomic mass is 32.2. The van der Waals surface area contributed by atoms with E-state index in [1.165, 1.54) is 10.5 Å². The fourth-order valence-corrected chi connectivity index (χ4v) is 2.17. The molecule has 1 aromatic rings. The lowest BCUT2D eigenvalue weighted by atomic mass is 10.2. The molecule has 1 N–H and O–H groups in total. The highest BCUT2D eigenvalue weighted by molar-refractivity contribution is 7.98. The quantitative estimate of drug-likeness (QED) is 0.648. The van der Waals surface area contributed by atoms with Crippen molar-refractivity contribution >= 4 is 23.9 Å². The van der Waals surface area contributed by atoms with Crippen molar-refractivity contribution in [2.45, 2.75) is 37.7 Å². The van der Waals surface area contributed by atoms with E-state index in [9.17, 15) is 4.79 Å². The van der Waals surface area contributed by atoms with Crippen LogP contribution in [0.25, 0.3) is 6.08 Å². The lowest BCUT2D eigenvalue weighted by Crippen LogP contribution is -2.32. The van der Waals surface area contributed by atoms with Gasteiger partial charge in [0.1, 0.15) is 5.60 Å². The van der Waals surface area contributed by atoms with Crippen LogP contribution in [-0.2, 0) is 4.74 Å². The van der Waals surface area contributed by atoms with Gasteiger partial charge in [-0.05, 0) is 45.1 Å². The molecule has 0 bridgehead atoms. The summed E-state index contributed by atoms with van der Waals surface area (Å²) in [5, 5.41) is 2.74. The highest BCUT2D eigenvalue weighted by Crippen LogP contribution is 2.20. The lowest BCUT2D eigenvalue weighted by Gasteiger charge is -2.19. The van der Waals surface area contributed by atoms with Gasteiger partial charge < -0.3 is 10.1 Å². The molecule has 0 aliphatic rings. The smallest absolute Gasteiger partial charge is 0.407 e. The molecular weight excluding hydrogens is 270 g/mol. The van der Waals surface area contributed by atoms with Gasteiger partial charge in [-0.15, -0.1) is 11.8 Å². The van der Waals surface area contributed by atoms with E-state index in [-0.39, 0.29) is 6.09 Å². The maximum Gasteiger partial charge on any atom is 0.407 e. The van der Waals surface area contributed by atoms with Gasteiger partial charge in [0.05, 0.1) is 0 Å². The molecule has 0 heterocycles. The van der Waals surface area contributed by atoms with Crippen LogP contribution in [0.15, 0.2) is 35.2 Å². The van der Waals surface area contributed by atoms with E-state index < -0.39 is 5.60 Å². The summed E-state index contributed by atoms with van der Waals surface area (Å²) in [7, 11) is 0. The first kappa shape index (κ1) is 16.6. The van der Waals surface area contributed by atoms with Crippen molar-refractivity contribution < 1.29 is 9.53 Å². The van der Waals surface area contributed by atoms with E-state index in [1.54, 1.807) is 11.8 Å². The minimum Gasteiger partial charge on any atom is -0.444 e. The molecule has 1 amide bonds. The van der Waals surface area contributed by atoms with Gasteiger partial charge >= 0.3 is 6.09 Å². The number of hydrogen-bond acceptors (Lipinski definition) is 3. The van der Waals surface area contributed by atoms with Crippen LogP contribution in [0.4, 0.5) is 4.79 Å². The summed E-state index contributed by atoms with van der Waals surface area (Å²) in [6, 6.07) is 8.25. The topological polar surface area (TPSA) is 38.3 Å². The molecular formula is C16H23NO2S. The predicted octanol–water partition coefficient (Wildman–Crippen LogP) is 4.34. The Kier molecular flexibility index (Phi) is 6.65. The normalized spacial score (nSPS) is 11.6. The van der Waals surface area contributed by atoms with Crippen LogP contribution >= 0.6 is 11.8 Å². The Labute approximate surface area is 125 Å². The second-order valence-corrected chi connectivity index (χ2v) is 6.21. The second kappa shape index (κ2) is 8.00. The van der Waals surface area contributed by atoms with Crippen LogP contribution in [-0.4, -0.2) is 24.5 Å². The van der Waals surface area contributed by atoms with Gasteiger partial charge in [-0.2, -0.15) is 0 Å². The number of nitrogens with one attached hydrogen (secondary N) is 1. The molecule has 0 atom stereocenters. The van der Waals surface area contributed by atoms with Gasteiger partial charge in [0.2, 0.25) is 0 Å². The maximum atomic E-state index is 11.4. The molecule has 110 valence electrons. The molecule has 0 aromatic heterocycles. The molecule has 20 heavy (non-hydrogen) atoms. The molecule has 0 fully saturated rings. The Morgan fingerprint density at radius 2 is 2.05 bits per heavy atom. The summed E-state index contributed by atoms with van der Waals surface area (Å²) in [5.74, 6) is 0. The molecule has 0 unspecified atom stereocenters. The number of benzene rings is 1. The average molecular weight is 293 g/mol. The summed E-state index contributed by atoms with van der Waals surface area (Å²) in [6.45, 7) is 6.14. The van der Waals surface area contributed by atoms with Crippen LogP contribution in [0.5, 0.6) is 0 Å². The van der Waals surface area contributed by atoms with Gasteiger partial charge in [-0.3, -0.25) is 0 Å². The zero-order valence-corrected chi connectivity index (χ0v) is 13.4. The zero-order valence-electron chi connectivity index (χ0n) is 12.6. The van der Waals surface area contributed by atoms with Crippen molar-refractivity contribution in [3.05, 3.63) is 35.9 Å². The van der Waals surface area contributed by atoms with Crippen molar-refractivity contribution in [1.29, 1.82) is 0 Å². The largest absolute Gasteiger partial charge is 0.444 e. The van der Waals surface area contributed by atoms with Gasteiger partial charge in [-0.25, -0.2) is 4.79 Å². The second-order valence-electron chi connectivity index (χ2n) is 5.36. The Bertz CT molecular complexity index is 464. The SMILES string of the molecule is CSc1ccccc1C=CCCNC(=O)OC(C)(C)C. The highest BCUT2D eigenvalue weighted by Gasteiger charge is 2.15. The molecule has 3 nitrogen and oxygen atoms in total. The molecule has 0 saturated carbocycles.